The molecule has 0 aromatic carbocycles. The smallest absolute Gasteiger partial charge is 0.0622 e. The summed E-state index contributed by atoms with van der Waals surface area (Å²) in [6, 6.07) is 2.91. The van der Waals surface area contributed by atoms with Crippen molar-refractivity contribution >= 4 is 0 Å². The second-order valence-corrected chi connectivity index (χ2v) is 3.96. The third kappa shape index (κ3) is 3.65. The zero-order chi connectivity index (χ0) is 10.2. The molecule has 80 valence electrons. The van der Waals surface area contributed by atoms with Crippen molar-refractivity contribution in [3.63, 3.8) is 0 Å². The molecule has 3 nitrogen and oxygen atoms in total. The number of nitriles is 1. The summed E-state index contributed by atoms with van der Waals surface area (Å²) in [5, 5.41) is 17.2. The molecule has 0 heterocycles. The lowest BCUT2D eigenvalue weighted by Gasteiger charge is -2.37. The zero-order valence-corrected chi connectivity index (χ0v) is 8.78. The first-order chi connectivity index (χ1) is 6.88. The molecule has 0 spiro atoms. The Kier molecular flexibility index (Phi) is 5.58. The van der Waals surface area contributed by atoms with E-state index in [-0.39, 0.29) is 6.61 Å². The first-order valence-corrected chi connectivity index (χ1v) is 5.60. The van der Waals surface area contributed by atoms with E-state index in [1.165, 1.54) is 19.3 Å². The molecule has 0 radical (unpaired) electrons. The summed E-state index contributed by atoms with van der Waals surface area (Å²) in [4.78, 5) is 2.44. The van der Waals surface area contributed by atoms with Gasteiger partial charge in [-0.15, -0.1) is 0 Å². The third-order valence-corrected chi connectivity index (χ3v) is 2.93. The van der Waals surface area contributed by atoms with Crippen molar-refractivity contribution in [2.45, 2.75) is 44.6 Å². The van der Waals surface area contributed by atoms with Crippen molar-refractivity contribution in [2.24, 2.45) is 0 Å². The fourth-order valence-corrected chi connectivity index (χ4v) is 1.86. The average molecular weight is 196 g/mol. The minimum absolute atomic E-state index is 0.279. The molecule has 1 N–H and O–H groups in total. The Balaban J connectivity index is 2.18. The SMILES string of the molecule is N#CCCCN(CCCO)C1CCC1. The molecule has 0 aromatic rings. The molecule has 1 rings (SSSR count). The maximum Gasteiger partial charge on any atom is 0.0622 e. The van der Waals surface area contributed by atoms with Gasteiger partial charge in [-0.05, 0) is 32.2 Å². The van der Waals surface area contributed by atoms with Gasteiger partial charge >= 0.3 is 0 Å². The van der Waals surface area contributed by atoms with E-state index in [1.54, 1.807) is 0 Å². The fourth-order valence-electron chi connectivity index (χ4n) is 1.86. The molecular weight excluding hydrogens is 176 g/mol. The molecule has 1 aliphatic carbocycles. The van der Waals surface area contributed by atoms with Crippen LogP contribution < -0.4 is 0 Å². The van der Waals surface area contributed by atoms with Crippen molar-refractivity contribution < 1.29 is 5.11 Å². The van der Waals surface area contributed by atoms with Crippen LogP contribution in [0, 0.1) is 11.3 Å². The standard InChI is InChI=1S/C11H20N2O/c12-7-1-2-8-13(9-4-10-14)11-5-3-6-11/h11,14H,1-6,8-10H2. The summed E-state index contributed by atoms with van der Waals surface area (Å²) < 4.78 is 0. The van der Waals surface area contributed by atoms with Crippen LogP contribution in [0.3, 0.4) is 0 Å². The summed E-state index contributed by atoms with van der Waals surface area (Å²) in [6.07, 6.45) is 6.44. The van der Waals surface area contributed by atoms with Crippen molar-refractivity contribution in [2.75, 3.05) is 19.7 Å². The van der Waals surface area contributed by atoms with Gasteiger partial charge in [0.2, 0.25) is 0 Å². The van der Waals surface area contributed by atoms with E-state index in [2.05, 4.69) is 11.0 Å². The Hall–Kier alpha value is -0.590. The number of aliphatic hydroxyl groups excluding tert-OH is 1. The van der Waals surface area contributed by atoms with E-state index in [1.807, 2.05) is 0 Å². The van der Waals surface area contributed by atoms with Crippen LogP contribution in [0.5, 0.6) is 0 Å². The third-order valence-electron chi connectivity index (χ3n) is 2.93. The molecule has 0 atom stereocenters. The molecule has 1 fully saturated rings. The number of rotatable bonds is 7. The predicted molar refractivity (Wildman–Crippen MR) is 55.8 cm³/mol. The van der Waals surface area contributed by atoms with Gasteiger partial charge in [0, 0.05) is 25.6 Å². The van der Waals surface area contributed by atoms with Crippen LogP contribution in [0.1, 0.15) is 38.5 Å². The first kappa shape index (κ1) is 11.5. The molecule has 3 heteroatoms. The Morgan fingerprint density at radius 2 is 2.00 bits per heavy atom. The Morgan fingerprint density at radius 3 is 2.50 bits per heavy atom. The van der Waals surface area contributed by atoms with Gasteiger partial charge in [-0.2, -0.15) is 5.26 Å². The van der Waals surface area contributed by atoms with Gasteiger partial charge < -0.3 is 10.0 Å². The number of nitrogens with zero attached hydrogens (tertiary/aromatic N) is 2. The van der Waals surface area contributed by atoms with E-state index in [0.29, 0.717) is 6.42 Å². The van der Waals surface area contributed by atoms with Gasteiger partial charge in [0.25, 0.3) is 0 Å². The van der Waals surface area contributed by atoms with Gasteiger partial charge in [-0.1, -0.05) is 6.42 Å². The van der Waals surface area contributed by atoms with Gasteiger partial charge in [0.1, 0.15) is 0 Å². The van der Waals surface area contributed by atoms with Crippen molar-refractivity contribution in [1.29, 1.82) is 5.26 Å². The number of aliphatic hydroxyl groups is 1. The monoisotopic (exact) mass is 196 g/mol. The number of hydrogen-bond acceptors (Lipinski definition) is 3. The van der Waals surface area contributed by atoms with Gasteiger partial charge in [-0.25, -0.2) is 0 Å². The minimum atomic E-state index is 0.279. The van der Waals surface area contributed by atoms with Crippen LogP contribution in [0.4, 0.5) is 0 Å². The molecule has 0 unspecified atom stereocenters. The highest BCUT2D eigenvalue weighted by molar-refractivity contribution is 4.81. The largest absolute Gasteiger partial charge is 0.396 e. The second kappa shape index (κ2) is 6.80. The van der Waals surface area contributed by atoms with E-state index in [4.69, 9.17) is 10.4 Å². The summed E-state index contributed by atoms with van der Waals surface area (Å²) in [5.41, 5.74) is 0. The predicted octanol–water partition coefficient (Wildman–Crippen LogP) is 1.53. The minimum Gasteiger partial charge on any atom is -0.396 e. The van der Waals surface area contributed by atoms with Gasteiger partial charge in [0.15, 0.2) is 0 Å². The molecule has 1 aliphatic rings. The molecular formula is C11H20N2O. The number of hydrogen-bond donors (Lipinski definition) is 1. The number of unbranched alkanes of at least 4 members (excludes halogenated alkanes) is 1. The van der Waals surface area contributed by atoms with Crippen LogP contribution in [0.25, 0.3) is 0 Å². The topological polar surface area (TPSA) is 47.3 Å². The molecule has 0 amide bonds. The van der Waals surface area contributed by atoms with Crippen LogP contribution in [-0.4, -0.2) is 35.7 Å². The lowest BCUT2D eigenvalue weighted by molar-refractivity contribution is 0.116. The lowest BCUT2D eigenvalue weighted by atomic mass is 9.91. The first-order valence-electron chi connectivity index (χ1n) is 5.60. The highest BCUT2D eigenvalue weighted by atomic mass is 16.3. The Bertz CT molecular complexity index is 184. The van der Waals surface area contributed by atoms with Crippen molar-refractivity contribution in [3.05, 3.63) is 0 Å². The summed E-state index contributed by atoms with van der Waals surface area (Å²) in [6.45, 7) is 2.30. The summed E-state index contributed by atoms with van der Waals surface area (Å²) in [5.74, 6) is 0. The van der Waals surface area contributed by atoms with E-state index in [0.717, 1.165) is 32.0 Å². The quantitative estimate of drug-likeness (QED) is 0.628. The van der Waals surface area contributed by atoms with E-state index >= 15 is 0 Å². The second-order valence-electron chi connectivity index (χ2n) is 3.96. The van der Waals surface area contributed by atoms with Crippen LogP contribution in [0.2, 0.25) is 0 Å². The van der Waals surface area contributed by atoms with Crippen molar-refractivity contribution in [1.82, 2.24) is 4.90 Å². The van der Waals surface area contributed by atoms with Crippen LogP contribution >= 0.6 is 0 Å². The highest BCUT2D eigenvalue weighted by Crippen LogP contribution is 2.25. The van der Waals surface area contributed by atoms with Gasteiger partial charge in [-0.3, -0.25) is 0 Å². The van der Waals surface area contributed by atoms with Crippen LogP contribution in [-0.2, 0) is 0 Å². The van der Waals surface area contributed by atoms with Gasteiger partial charge in [0.05, 0.1) is 6.07 Å². The van der Waals surface area contributed by atoms with E-state index in [9.17, 15) is 0 Å². The lowest BCUT2D eigenvalue weighted by Crippen LogP contribution is -2.41. The Morgan fingerprint density at radius 1 is 1.29 bits per heavy atom. The Labute approximate surface area is 86.3 Å². The maximum atomic E-state index is 8.78. The molecule has 0 aromatic heterocycles. The van der Waals surface area contributed by atoms with E-state index < -0.39 is 0 Å². The highest BCUT2D eigenvalue weighted by Gasteiger charge is 2.23. The fraction of sp³-hybridized carbons (Fsp3) is 0.909. The molecule has 14 heavy (non-hydrogen) atoms. The average Bonchev–Trinajstić information content (AvgIpc) is 2.11. The van der Waals surface area contributed by atoms with Crippen LogP contribution in [0.15, 0.2) is 0 Å². The van der Waals surface area contributed by atoms with Crippen molar-refractivity contribution in [3.8, 4) is 6.07 Å². The molecule has 1 saturated carbocycles. The summed E-state index contributed by atoms with van der Waals surface area (Å²) in [7, 11) is 0. The molecule has 0 saturated heterocycles. The molecule has 0 bridgehead atoms. The zero-order valence-electron chi connectivity index (χ0n) is 8.78. The maximum absolute atomic E-state index is 8.78. The summed E-state index contributed by atoms with van der Waals surface area (Å²) >= 11 is 0. The molecule has 0 aliphatic heterocycles. The normalized spacial score (nSPS) is 16.6.